The van der Waals surface area contributed by atoms with Gasteiger partial charge in [0.2, 0.25) is 0 Å². The second kappa shape index (κ2) is 5.94. The van der Waals surface area contributed by atoms with E-state index in [2.05, 4.69) is 0 Å². The lowest BCUT2D eigenvalue weighted by atomic mass is 9.91. The summed E-state index contributed by atoms with van der Waals surface area (Å²) in [6, 6.07) is 2.78. The zero-order chi connectivity index (χ0) is 15.8. The lowest BCUT2D eigenvalue weighted by Crippen LogP contribution is -2.50. The van der Waals surface area contributed by atoms with Gasteiger partial charge in [0, 0.05) is 18.7 Å². The van der Waals surface area contributed by atoms with Gasteiger partial charge in [0.25, 0.3) is 12.3 Å². The summed E-state index contributed by atoms with van der Waals surface area (Å²) in [5, 5.41) is 10.0. The van der Waals surface area contributed by atoms with E-state index in [9.17, 15) is 18.7 Å². The van der Waals surface area contributed by atoms with E-state index in [1.807, 2.05) is 0 Å². The van der Waals surface area contributed by atoms with Gasteiger partial charge in [-0.1, -0.05) is 23.2 Å². The number of aliphatic hydroxyl groups is 1. The molecule has 0 unspecified atom stereocenters. The molecule has 1 aromatic carbocycles. The van der Waals surface area contributed by atoms with Gasteiger partial charge in [0.05, 0.1) is 15.7 Å². The first-order valence-corrected chi connectivity index (χ1v) is 7.04. The Morgan fingerprint density at radius 1 is 1.29 bits per heavy atom. The molecular formula is C13H14Cl2F2N2O2. The fourth-order valence-electron chi connectivity index (χ4n) is 2.21. The molecule has 1 heterocycles. The van der Waals surface area contributed by atoms with E-state index in [0.717, 1.165) is 0 Å². The van der Waals surface area contributed by atoms with Gasteiger partial charge in [-0.2, -0.15) is 0 Å². The van der Waals surface area contributed by atoms with Crippen molar-refractivity contribution in [1.29, 1.82) is 0 Å². The number of nitrogen functional groups attached to an aromatic ring is 1. The number of anilines is 1. The Hall–Kier alpha value is -1.11. The minimum Gasteiger partial charge on any atom is -0.396 e. The number of amides is 1. The minimum absolute atomic E-state index is 0.0410. The molecule has 8 heteroatoms. The Balaban J connectivity index is 2.13. The van der Waals surface area contributed by atoms with Gasteiger partial charge in [-0.3, -0.25) is 4.79 Å². The molecule has 0 aliphatic carbocycles. The largest absolute Gasteiger partial charge is 0.396 e. The molecule has 1 aromatic rings. The monoisotopic (exact) mass is 338 g/mol. The maximum Gasteiger partial charge on any atom is 0.266 e. The highest BCUT2D eigenvalue weighted by Crippen LogP contribution is 2.32. The number of nitrogens with zero attached hydrogens (tertiary/aromatic N) is 1. The standard InChI is InChI=1S/C13H14Cl2F2N2O2/c14-8-5-7(6-9(15)10(8)18)11(20)19-3-1-13(21,2-4-19)12(16)17/h5-6,12,21H,1-4,18H2. The number of alkyl halides is 2. The predicted octanol–water partition coefficient (Wildman–Crippen LogP) is 2.81. The van der Waals surface area contributed by atoms with Crippen molar-refractivity contribution in [3.8, 4) is 0 Å². The molecular weight excluding hydrogens is 325 g/mol. The number of hydrogen-bond donors (Lipinski definition) is 2. The molecule has 21 heavy (non-hydrogen) atoms. The number of likely N-dealkylation sites (tertiary alicyclic amines) is 1. The Kier molecular flexibility index (Phi) is 4.60. The van der Waals surface area contributed by atoms with Crippen LogP contribution in [0.5, 0.6) is 0 Å². The van der Waals surface area contributed by atoms with Crippen LogP contribution < -0.4 is 5.73 Å². The molecule has 0 saturated carbocycles. The predicted molar refractivity (Wildman–Crippen MR) is 77.0 cm³/mol. The Morgan fingerprint density at radius 3 is 2.19 bits per heavy atom. The number of carbonyl (C=O) groups excluding carboxylic acids is 1. The molecule has 0 bridgehead atoms. The lowest BCUT2D eigenvalue weighted by molar-refractivity contribution is -0.122. The third kappa shape index (κ3) is 3.22. The minimum atomic E-state index is -2.82. The highest BCUT2D eigenvalue weighted by molar-refractivity contribution is 6.39. The number of carbonyl (C=O) groups is 1. The van der Waals surface area contributed by atoms with E-state index in [1.54, 1.807) is 0 Å². The first-order valence-electron chi connectivity index (χ1n) is 6.29. The number of piperidine rings is 1. The molecule has 116 valence electrons. The van der Waals surface area contributed by atoms with Crippen molar-refractivity contribution in [3.05, 3.63) is 27.7 Å². The van der Waals surface area contributed by atoms with Gasteiger partial charge in [0.1, 0.15) is 5.60 Å². The van der Waals surface area contributed by atoms with E-state index in [4.69, 9.17) is 28.9 Å². The summed E-state index contributed by atoms with van der Waals surface area (Å²) in [6.07, 6.45) is -3.17. The smallest absolute Gasteiger partial charge is 0.266 e. The van der Waals surface area contributed by atoms with Crippen LogP contribution in [0, 0.1) is 0 Å². The summed E-state index contributed by atoms with van der Waals surface area (Å²) in [5.41, 5.74) is 3.99. The fraction of sp³-hybridized carbons (Fsp3) is 0.462. The van der Waals surface area contributed by atoms with Gasteiger partial charge < -0.3 is 15.7 Å². The van der Waals surface area contributed by atoms with Crippen molar-refractivity contribution in [2.45, 2.75) is 24.9 Å². The molecule has 4 nitrogen and oxygen atoms in total. The third-order valence-electron chi connectivity index (χ3n) is 3.65. The molecule has 1 saturated heterocycles. The van der Waals surface area contributed by atoms with Crippen molar-refractivity contribution < 1.29 is 18.7 Å². The fourth-order valence-corrected chi connectivity index (χ4v) is 2.69. The van der Waals surface area contributed by atoms with Crippen molar-refractivity contribution in [1.82, 2.24) is 4.90 Å². The highest BCUT2D eigenvalue weighted by atomic mass is 35.5. The van der Waals surface area contributed by atoms with Gasteiger partial charge in [-0.25, -0.2) is 8.78 Å². The maximum atomic E-state index is 12.7. The van der Waals surface area contributed by atoms with Crippen LogP contribution in [-0.4, -0.2) is 41.0 Å². The second-order valence-corrected chi connectivity index (χ2v) is 5.86. The van der Waals surface area contributed by atoms with Crippen LogP contribution >= 0.6 is 23.2 Å². The molecule has 1 aliphatic rings. The molecule has 0 radical (unpaired) electrons. The quantitative estimate of drug-likeness (QED) is 0.815. The van der Waals surface area contributed by atoms with Crippen LogP contribution in [0.2, 0.25) is 10.0 Å². The number of nitrogens with two attached hydrogens (primary N) is 1. The Bertz CT molecular complexity index is 538. The molecule has 0 atom stereocenters. The van der Waals surface area contributed by atoms with E-state index in [1.165, 1.54) is 17.0 Å². The van der Waals surface area contributed by atoms with Crippen molar-refractivity contribution >= 4 is 34.8 Å². The lowest BCUT2D eigenvalue weighted by Gasteiger charge is -2.37. The summed E-state index contributed by atoms with van der Waals surface area (Å²) >= 11 is 11.7. The number of halogens is 4. The SMILES string of the molecule is Nc1c(Cl)cc(C(=O)N2CCC(O)(C(F)F)CC2)cc1Cl. The first kappa shape index (κ1) is 16.3. The molecule has 1 fully saturated rings. The average Bonchev–Trinajstić information content (AvgIpc) is 2.44. The first-order chi connectivity index (χ1) is 9.74. The summed E-state index contributed by atoms with van der Waals surface area (Å²) < 4.78 is 25.4. The van der Waals surface area contributed by atoms with Gasteiger partial charge >= 0.3 is 0 Å². The summed E-state index contributed by atoms with van der Waals surface area (Å²) in [5.74, 6) is -0.380. The van der Waals surface area contributed by atoms with E-state index < -0.39 is 12.0 Å². The Morgan fingerprint density at radius 2 is 1.76 bits per heavy atom. The summed E-state index contributed by atoms with van der Waals surface area (Å²) in [4.78, 5) is 13.7. The molecule has 0 spiro atoms. The number of hydrogen-bond acceptors (Lipinski definition) is 3. The average molecular weight is 339 g/mol. The molecule has 1 aliphatic heterocycles. The zero-order valence-corrected chi connectivity index (χ0v) is 12.5. The maximum absolute atomic E-state index is 12.7. The number of benzene rings is 1. The molecule has 3 N–H and O–H groups in total. The molecule has 0 aromatic heterocycles. The van der Waals surface area contributed by atoms with Gasteiger partial charge in [-0.15, -0.1) is 0 Å². The molecule has 1 amide bonds. The zero-order valence-electron chi connectivity index (χ0n) is 11.0. The van der Waals surface area contributed by atoms with Crippen LogP contribution in [0.4, 0.5) is 14.5 Å². The molecule has 2 rings (SSSR count). The third-order valence-corrected chi connectivity index (χ3v) is 4.27. The summed E-state index contributed by atoms with van der Waals surface area (Å²) in [6.45, 7) is 0.0819. The van der Waals surface area contributed by atoms with E-state index in [-0.39, 0.29) is 53.1 Å². The summed E-state index contributed by atoms with van der Waals surface area (Å²) in [7, 11) is 0. The highest BCUT2D eigenvalue weighted by Gasteiger charge is 2.41. The van der Waals surface area contributed by atoms with Crippen LogP contribution in [0.1, 0.15) is 23.2 Å². The normalized spacial score (nSPS) is 18.1. The van der Waals surface area contributed by atoms with Crippen molar-refractivity contribution in [2.24, 2.45) is 0 Å². The van der Waals surface area contributed by atoms with Gasteiger partial charge in [-0.05, 0) is 25.0 Å². The van der Waals surface area contributed by atoms with E-state index in [0.29, 0.717) is 0 Å². The van der Waals surface area contributed by atoms with Gasteiger partial charge in [0.15, 0.2) is 0 Å². The Labute approximate surface area is 130 Å². The second-order valence-electron chi connectivity index (χ2n) is 5.05. The van der Waals surface area contributed by atoms with Crippen LogP contribution in [-0.2, 0) is 0 Å². The number of rotatable bonds is 2. The van der Waals surface area contributed by atoms with Crippen LogP contribution in [0.3, 0.4) is 0 Å². The topological polar surface area (TPSA) is 66.6 Å². The van der Waals surface area contributed by atoms with Crippen LogP contribution in [0.25, 0.3) is 0 Å². The van der Waals surface area contributed by atoms with E-state index >= 15 is 0 Å². The van der Waals surface area contributed by atoms with Crippen molar-refractivity contribution in [2.75, 3.05) is 18.8 Å². The van der Waals surface area contributed by atoms with Crippen molar-refractivity contribution in [3.63, 3.8) is 0 Å². The van der Waals surface area contributed by atoms with Crippen LogP contribution in [0.15, 0.2) is 12.1 Å².